The fourth-order valence-corrected chi connectivity index (χ4v) is 2.81. The summed E-state index contributed by atoms with van der Waals surface area (Å²) >= 11 is 1.12. The van der Waals surface area contributed by atoms with Gasteiger partial charge in [0.25, 0.3) is 5.56 Å². The van der Waals surface area contributed by atoms with Crippen molar-refractivity contribution in [3.63, 3.8) is 0 Å². The fourth-order valence-electron chi connectivity index (χ4n) is 2.15. The van der Waals surface area contributed by atoms with Crippen LogP contribution in [0.3, 0.4) is 0 Å². The Hall–Kier alpha value is -2.48. The van der Waals surface area contributed by atoms with E-state index >= 15 is 0 Å². The lowest BCUT2D eigenvalue weighted by Gasteiger charge is -2.05. The third-order valence-corrected chi connectivity index (χ3v) is 4.02. The zero-order valence-corrected chi connectivity index (χ0v) is 13.4. The molecule has 8 heteroatoms. The van der Waals surface area contributed by atoms with E-state index in [-0.39, 0.29) is 22.8 Å². The molecule has 3 rings (SSSR count). The highest BCUT2D eigenvalue weighted by molar-refractivity contribution is 7.99. The molecule has 0 radical (unpaired) electrons. The third kappa shape index (κ3) is 3.16. The minimum Gasteiger partial charge on any atom is -0.465 e. The second-order valence-electron chi connectivity index (χ2n) is 4.88. The first-order chi connectivity index (χ1) is 11.1. The van der Waals surface area contributed by atoms with Crippen LogP contribution in [0.5, 0.6) is 0 Å². The van der Waals surface area contributed by atoms with E-state index in [1.54, 1.807) is 6.92 Å². The SMILES string of the molecule is CCOC(=O)CSc1nc2c(nnc3cc(C)ccc32)c(=O)[nH]1. The number of H-pyrrole nitrogens is 1. The molecule has 3 aromatic rings. The normalized spacial score (nSPS) is 11.0. The summed E-state index contributed by atoms with van der Waals surface area (Å²) in [7, 11) is 0. The quantitative estimate of drug-likeness (QED) is 0.337. The van der Waals surface area contributed by atoms with Crippen molar-refractivity contribution in [2.45, 2.75) is 19.0 Å². The maximum atomic E-state index is 12.2. The van der Waals surface area contributed by atoms with Gasteiger partial charge in [-0.1, -0.05) is 23.9 Å². The van der Waals surface area contributed by atoms with Crippen molar-refractivity contribution < 1.29 is 9.53 Å². The summed E-state index contributed by atoms with van der Waals surface area (Å²) < 4.78 is 4.86. The van der Waals surface area contributed by atoms with Gasteiger partial charge in [0, 0.05) is 5.39 Å². The van der Waals surface area contributed by atoms with Gasteiger partial charge in [-0.25, -0.2) is 4.98 Å². The van der Waals surface area contributed by atoms with Crippen LogP contribution in [0.1, 0.15) is 12.5 Å². The molecule has 0 amide bonds. The molecular formula is C15H14N4O3S. The van der Waals surface area contributed by atoms with E-state index in [4.69, 9.17) is 4.74 Å². The predicted octanol–water partition coefficient (Wildman–Crippen LogP) is 1.83. The molecule has 1 aromatic carbocycles. The predicted molar refractivity (Wildman–Crippen MR) is 87.6 cm³/mol. The number of esters is 1. The van der Waals surface area contributed by atoms with E-state index in [9.17, 15) is 9.59 Å². The number of carbonyl (C=O) groups is 1. The van der Waals surface area contributed by atoms with Gasteiger partial charge < -0.3 is 4.74 Å². The van der Waals surface area contributed by atoms with Crippen LogP contribution < -0.4 is 5.56 Å². The lowest BCUT2D eigenvalue weighted by Crippen LogP contribution is -2.13. The Morgan fingerprint density at radius 1 is 1.30 bits per heavy atom. The molecule has 0 saturated heterocycles. The summed E-state index contributed by atoms with van der Waals surface area (Å²) in [5.41, 5.74) is 2.01. The summed E-state index contributed by atoms with van der Waals surface area (Å²) in [6.07, 6.45) is 0. The topological polar surface area (TPSA) is 97.8 Å². The molecule has 1 N–H and O–H groups in total. The number of benzene rings is 1. The molecule has 118 valence electrons. The summed E-state index contributed by atoms with van der Waals surface area (Å²) in [5.74, 6) is -0.272. The van der Waals surface area contributed by atoms with Crippen LogP contribution in [0.15, 0.2) is 28.2 Å². The van der Waals surface area contributed by atoms with E-state index in [0.717, 1.165) is 22.7 Å². The second-order valence-corrected chi connectivity index (χ2v) is 5.85. The highest BCUT2D eigenvalue weighted by Gasteiger charge is 2.12. The molecule has 0 spiro atoms. The first-order valence-corrected chi connectivity index (χ1v) is 8.02. The van der Waals surface area contributed by atoms with Gasteiger partial charge in [-0.2, -0.15) is 0 Å². The number of carbonyl (C=O) groups excluding carboxylic acids is 1. The molecule has 7 nitrogen and oxygen atoms in total. The van der Waals surface area contributed by atoms with Gasteiger partial charge in [0.2, 0.25) is 0 Å². The monoisotopic (exact) mass is 330 g/mol. The number of aromatic amines is 1. The average molecular weight is 330 g/mol. The van der Waals surface area contributed by atoms with Gasteiger partial charge in [-0.3, -0.25) is 14.6 Å². The second kappa shape index (κ2) is 6.33. The van der Waals surface area contributed by atoms with Gasteiger partial charge in [0.05, 0.1) is 17.9 Å². The lowest BCUT2D eigenvalue weighted by molar-refractivity contribution is -0.139. The van der Waals surface area contributed by atoms with Crippen LogP contribution in [0.25, 0.3) is 21.9 Å². The van der Waals surface area contributed by atoms with Gasteiger partial charge in [-0.15, -0.1) is 10.2 Å². The van der Waals surface area contributed by atoms with Crippen molar-refractivity contribution in [2.24, 2.45) is 0 Å². The Balaban J connectivity index is 2.06. The van der Waals surface area contributed by atoms with Crippen molar-refractivity contribution in [3.8, 4) is 0 Å². The molecule has 23 heavy (non-hydrogen) atoms. The van der Waals surface area contributed by atoms with E-state index in [0.29, 0.717) is 22.8 Å². The van der Waals surface area contributed by atoms with E-state index < -0.39 is 0 Å². The molecule has 0 bridgehead atoms. The number of hydrogen-bond acceptors (Lipinski definition) is 7. The Morgan fingerprint density at radius 2 is 2.13 bits per heavy atom. The van der Waals surface area contributed by atoms with Crippen molar-refractivity contribution >= 4 is 39.7 Å². The van der Waals surface area contributed by atoms with Crippen molar-refractivity contribution in [2.75, 3.05) is 12.4 Å². The van der Waals surface area contributed by atoms with Crippen LogP contribution >= 0.6 is 11.8 Å². The number of rotatable bonds is 4. The molecule has 0 unspecified atom stereocenters. The van der Waals surface area contributed by atoms with Gasteiger partial charge in [0.15, 0.2) is 10.7 Å². The number of fused-ring (bicyclic) bond motifs is 3. The molecule has 0 atom stereocenters. The number of nitrogens with one attached hydrogen (secondary N) is 1. The molecule has 0 aliphatic carbocycles. The summed E-state index contributed by atoms with van der Waals surface area (Å²) in [4.78, 5) is 30.6. The Bertz CT molecular complexity index is 954. The number of ether oxygens (including phenoxy) is 1. The molecular weight excluding hydrogens is 316 g/mol. The summed E-state index contributed by atoms with van der Waals surface area (Å²) in [6, 6.07) is 5.68. The van der Waals surface area contributed by atoms with Crippen LogP contribution in [-0.4, -0.2) is 38.5 Å². The number of aromatic nitrogens is 4. The molecule has 0 fully saturated rings. The first kappa shape index (κ1) is 15.4. The molecule has 2 aromatic heterocycles. The zero-order valence-electron chi connectivity index (χ0n) is 12.6. The Labute approximate surface area is 135 Å². The number of aryl methyl sites for hydroxylation is 1. The number of thioether (sulfide) groups is 1. The summed E-state index contributed by atoms with van der Waals surface area (Å²) in [6.45, 7) is 4.02. The van der Waals surface area contributed by atoms with E-state index in [2.05, 4.69) is 20.2 Å². The standard InChI is InChI=1S/C15H14N4O3S/c1-3-22-11(20)7-23-15-16-12-9-5-4-8(2)6-10(9)18-19-13(12)14(21)17-15/h4-6H,3,7H2,1-2H3,(H,16,17,21). The maximum absolute atomic E-state index is 12.2. The van der Waals surface area contributed by atoms with Crippen LogP contribution in [-0.2, 0) is 9.53 Å². The van der Waals surface area contributed by atoms with Gasteiger partial charge in [-0.05, 0) is 25.5 Å². The Kier molecular flexibility index (Phi) is 4.24. The number of nitrogens with zero attached hydrogens (tertiary/aromatic N) is 3. The molecule has 2 heterocycles. The highest BCUT2D eigenvalue weighted by atomic mass is 32.2. The van der Waals surface area contributed by atoms with Crippen LogP contribution in [0.4, 0.5) is 0 Å². The summed E-state index contributed by atoms with van der Waals surface area (Å²) in [5, 5.41) is 9.13. The maximum Gasteiger partial charge on any atom is 0.316 e. The average Bonchev–Trinajstić information content (AvgIpc) is 2.52. The largest absolute Gasteiger partial charge is 0.465 e. The van der Waals surface area contributed by atoms with Crippen molar-refractivity contribution in [1.82, 2.24) is 20.2 Å². The van der Waals surface area contributed by atoms with Crippen LogP contribution in [0.2, 0.25) is 0 Å². The third-order valence-electron chi connectivity index (χ3n) is 3.17. The Morgan fingerprint density at radius 3 is 2.91 bits per heavy atom. The first-order valence-electron chi connectivity index (χ1n) is 7.04. The highest BCUT2D eigenvalue weighted by Crippen LogP contribution is 2.21. The van der Waals surface area contributed by atoms with Crippen molar-refractivity contribution in [3.05, 3.63) is 34.1 Å². The molecule has 0 aliphatic heterocycles. The van der Waals surface area contributed by atoms with Crippen LogP contribution in [0, 0.1) is 6.92 Å². The van der Waals surface area contributed by atoms with Gasteiger partial charge in [0.1, 0.15) is 5.52 Å². The fraction of sp³-hybridized carbons (Fsp3) is 0.267. The number of hydrogen-bond donors (Lipinski definition) is 1. The van der Waals surface area contributed by atoms with Gasteiger partial charge >= 0.3 is 5.97 Å². The molecule has 0 aliphatic rings. The lowest BCUT2D eigenvalue weighted by atomic mass is 10.1. The molecule has 0 saturated carbocycles. The minimum atomic E-state index is -0.378. The van der Waals surface area contributed by atoms with E-state index in [1.807, 2.05) is 25.1 Å². The van der Waals surface area contributed by atoms with E-state index in [1.165, 1.54) is 0 Å². The zero-order chi connectivity index (χ0) is 16.4. The van der Waals surface area contributed by atoms with Crippen molar-refractivity contribution in [1.29, 1.82) is 0 Å². The smallest absolute Gasteiger partial charge is 0.316 e. The minimum absolute atomic E-state index is 0.0812.